The molecule has 12 heteroatoms. The van der Waals surface area contributed by atoms with Gasteiger partial charge in [0.15, 0.2) is 0 Å². The molecule has 0 radical (unpaired) electrons. The number of aromatic nitrogens is 5. The van der Waals surface area contributed by atoms with Crippen LogP contribution in [0, 0.1) is 5.41 Å². The highest BCUT2D eigenvalue weighted by Crippen LogP contribution is 2.33. The van der Waals surface area contributed by atoms with Gasteiger partial charge in [-0.1, -0.05) is 32.4 Å². The van der Waals surface area contributed by atoms with E-state index in [-0.39, 0.29) is 29.5 Å². The van der Waals surface area contributed by atoms with Gasteiger partial charge in [-0.05, 0) is 12.1 Å². The quantitative estimate of drug-likeness (QED) is 0.287. The Morgan fingerprint density at radius 3 is 2.44 bits per heavy atom. The molecule has 0 aliphatic carbocycles. The van der Waals surface area contributed by atoms with Crippen LogP contribution in [0.2, 0.25) is 4.34 Å². The van der Waals surface area contributed by atoms with Crippen LogP contribution in [-0.2, 0) is 13.1 Å². The van der Waals surface area contributed by atoms with Gasteiger partial charge in [-0.3, -0.25) is 19.4 Å². The number of hydrogen-bond donors (Lipinski definition) is 0. The van der Waals surface area contributed by atoms with E-state index in [1.807, 2.05) is 63.8 Å². The van der Waals surface area contributed by atoms with Crippen LogP contribution < -0.4 is 15.4 Å². The average Bonchev–Trinajstić information content (AvgIpc) is 3.50. The van der Waals surface area contributed by atoms with Crippen molar-refractivity contribution >= 4 is 46.1 Å². The molecule has 0 saturated heterocycles. The van der Waals surface area contributed by atoms with Crippen molar-refractivity contribution in [2.24, 2.45) is 5.41 Å². The lowest BCUT2D eigenvalue weighted by Gasteiger charge is -2.22. The fourth-order valence-electron chi connectivity index (χ4n) is 3.92. The first-order chi connectivity index (χ1) is 18.3. The van der Waals surface area contributed by atoms with Gasteiger partial charge in [0.05, 0.1) is 35.0 Å². The summed E-state index contributed by atoms with van der Waals surface area (Å²) in [5.41, 5.74) is 0.772. The summed E-state index contributed by atoms with van der Waals surface area (Å²) in [6, 6.07) is 7.03. The molecule has 204 valence electrons. The summed E-state index contributed by atoms with van der Waals surface area (Å²) in [4.78, 5) is 52.0. The molecule has 0 aliphatic rings. The molecule has 4 heterocycles. The van der Waals surface area contributed by atoms with Gasteiger partial charge in [-0.2, -0.15) is 9.78 Å². The van der Waals surface area contributed by atoms with Crippen molar-refractivity contribution in [3.8, 4) is 11.3 Å². The van der Waals surface area contributed by atoms with Crippen LogP contribution in [0.3, 0.4) is 0 Å². The van der Waals surface area contributed by atoms with Crippen LogP contribution in [0.15, 0.2) is 53.8 Å². The van der Waals surface area contributed by atoms with Crippen molar-refractivity contribution < 1.29 is 9.59 Å². The molecule has 0 unspecified atom stereocenters. The Morgan fingerprint density at radius 1 is 1.10 bits per heavy atom. The first-order valence-corrected chi connectivity index (χ1v) is 13.4. The summed E-state index contributed by atoms with van der Waals surface area (Å²) in [6.07, 6.45) is 5.90. The second-order valence-corrected chi connectivity index (χ2v) is 12.2. The monoisotopic (exact) mass is 567 g/mol. The zero-order valence-corrected chi connectivity index (χ0v) is 24.2. The topological polar surface area (TPSA) is 106 Å². The zero-order valence-electron chi connectivity index (χ0n) is 22.7. The molecule has 0 N–H and O–H groups in total. The fourth-order valence-corrected chi connectivity index (χ4v) is 5.06. The van der Waals surface area contributed by atoms with Crippen LogP contribution >= 0.6 is 22.9 Å². The molecule has 0 bridgehead atoms. The van der Waals surface area contributed by atoms with Gasteiger partial charge in [0.1, 0.15) is 11.5 Å². The van der Waals surface area contributed by atoms with E-state index in [0.29, 0.717) is 33.6 Å². The second kappa shape index (κ2) is 11.1. The average molecular weight is 568 g/mol. The molecule has 0 amide bonds. The summed E-state index contributed by atoms with van der Waals surface area (Å²) < 4.78 is 3.42. The third-order valence-corrected chi connectivity index (χ3v) is 7.18. The van der Waals surface area contributed by atoms with Crippen molar-refractivity contribution in [1.29, 1.82) is 0 Å². The van der Waals surface area contributed by atoms with Gasteiger partial charge >= 0.3 is 0 Å². The minimum absolute atomic E-state index is 0.180. The molecule has 0 atom stereocenters. The molecule has 4 aromatic heterocycles. The van der Waals surface area contributed by atoms with Crippen molar-refractivity contribution in [2.45, 2.75) is 33.9 Å². The lowest BCUT2D eigenvalue weighted by atomic mass is 9.96. The molecule has 0 aliphatic heterocycles. The largest absolute Gasteiger partial charge is 0.376 e. The van der Waals surface area contributed by atoms with Crippen LogP contribution in [0.25, 0.3) is 11.3 Å². The fraction of sp³-hybridized carbons (Fsp3) is 0.333. The molecule has 4 rings (SSSR count). The van der Waals surface area contributed by atoms with Crippen LogP contribution in [0.5, 0.6) is 0 Å². The molecule has 39 heavy (non-hydrogen) atoms. The number of hydrogen-bond acceptors (Lipinski definition) is 9. The number of halogens is 1. The van der Waals surface area contributed by atoms with Crippen LogP contribution in [0.1, 0.15) is 40.9 Å². The Bertz CT molecular complexity index is 1570. The van der Waals surface area contributed by atoms with Gasteiger partial charge in [-0.25, -0.2) is 4.98 Å². The van der Waals surface area contributed by atoms with Gasteiger partial charge in [0.25, 0.3) is 11.5 Å². The number of carbonyl (C=O) groups excluding carboxylic acids is 2. The molecular weight excluding hydrogens is 538 g/mol. The first kappa shape index (κ1) is 28.2. The van der Waals surface area contributed by atoms with E-state index in [4.69, 9.17) is 11.6 Å². The number of anilines is 2. The summed E-state index contributed by atoms with van der Waals surface area (Å²) in [6.45, 7) is 5.83. The van der Waals surface area contributed by atoms with E-state index in [2.05, 4.69) is 15.1 Å². The van der Waals surface area contributed by atoms with Gasteiger partial charge in [0.2, 0.25) is 5.78 Å². The highest BCUT2D eigenvalue weighted by molar-refractivity contribution is 7.16. The van der Waals surface area contributed by atoms with E-state index in [1.165, 1.54) is 45.2 Å². The molecule has 0 aromatic carbocycles. The minimum Gasteiger partial charge on any atom is -0.376 e. The van der Waals surface area contributed by atoms with E-state index >= 15 is 0 Å². The molecule has 4 aromatic rings. The Labute approximate surface area is 235 Å². The standard InChI is InChI=1S/C27H30ClN7O3S/c1-27(2,3)26(38)35-24(33(6)14-17-7-8-23(28)39-17)12-19(31-35)18-11-25(37)34(15-21(18)32(4)5)16-22(36)20-13-29-9-10-30-20/h7-13,15H,14,16H2,1-6H3. The lowest BCUT2D eigenvalue weighted by Crippen LogP contribution is -2.31. The highest BCUT2D eigenvalue weighted by atomic mass is 35.5. The van der Waals surface area contributed by atoms with Crippen LogP contribution in [0.4, 0.5) is 11.5 Å². The van der Waals surface area contributed by atoms with Crippen LogP contribution in [-0.4, -0.2) is 57.1 Å². The summed E-state index contributed by atoms with van der Waals surface area (Å²) >= 11 is 7.59. The zero-order chi connectivity index (χ0) is 28.5. The molecule has 0 fully saturated rings. The Balaban J connectivity index is 1.77. The number of thiophene rings is 1. The highest BCUT2D eigenvalue weighted by Gasteiger charge is 2.29. The van der Waals surface area contributed by atoms with Crippen molar-refractivity contribution in [3.63, 3.8) is 0 Å². The number of rotatable bonds is 8. The molecule has 0 saturated carbocycles. The van der Waals surface area contributed by atoms with Crippen molar-refractivity contribution in [3.05, 3.63) is 74.3 Å². The molecule has 0 spiro atoms. The third-order valence-electron chi connectivity index (χ3n) is 5.96. The Morgan fingerprint density at radius 2 is 1.85 bits per heavy atom. The van der Waals surface area contributed by atoms with E-state index in [0.717, 1.165) is 4.88 Å². The normalized spacial score (nSPS) is 11.5. The maximum Gasteiger partial charge on any atom is 0.254 e. The summed E-state index contributed by atoms with van der Waals surface area (Å²) in [5, 5.41) is 4.68. The smallest absolute Gasteiger partial charge is 0.254 e. The minimum atomic E-state index is -0.695. The second-order valence-electron chi connectivity index (χ2n) is 10.4. The number of ketones is 1. The van der Waals surface area contributed by atoms with E-state index in [9.17, 15) is 14.4 Å². The number of carbonyl (C=O) groups is 2. The predicted octanol–water partition coefficient (Wildman–Crippen LogP) is 4.49. The number of nitrogens with zero attached hydrogens (tertiary/aromatic N) is 7. The van der Waals surface area contributed by atoms with Crippen molar-refractivity contribution in [1.82, 2.24) is 24.3 Å². The maximum atomic E-state index is 13.4. The van der Waals surface area contributed by atoms with Gasteiger partial charge in [-0.15, -0.1) is 11.3 Å². The van der Waals surface area contributed by atoms with E-state index < -0.39 is 5.41 Å². The van der Waals surface area contributed by atoms with E-state index in [1.54, 1.807) is 12.3 Å². The van der Waals surface area contributed by atoms with Crippen molar-refractivity contribution in [2.75, 3.05) is 30.9 Å². The number of pyridine rings is 1. The Kier molecular flexibility index (Phi) is 8.03. The molecule has 10 nitrogen and oxygen atoms in total. The maximum absolute atomic E-state index is 13.4. The number of Topliss-reactive ketones (excluding diaryl/α,β-unsaturated/α-hetero) is 1. The third kappa shape index (κ3) is 6.26. The lowest BCUT2D eigenvalue weighted by molar-refractivity contribution is 0.0751. The SMILES string of the molecule is CN(C)c1cn(CC(=O)c2cnccn2)c(=O)cc1-c1cc(N(C)Cc2ccc(Cl)s2)n(C(=O)C(C)(C)C)n1. The predicted molar refractivity (Wildman–Crippen MR) is 154 cm³/mol. The van der Waals surface area contributed by atoms with Gasteiger partial charge < -0.3 is 14.4 Å². The molecular formula is C27H30ClN7O3S. The summed E-state index contributed by atoms with van der Waals surface area (Å²) in [7, 11) is 5.55. The summed E-state index contributed by atoms with van der Waals surface area (Å²) in [5.74, 6) is 0.0654. The Hall–Kier alpha value is -3.83. The first-order valence-electron chi connectivity index (χ1n) is 12.2. The van der Waals surface area contributed by atoms with Gasteiger partial charge in [0, 0.05) is 67.7 Å².